The Bertz CT molecular complexity index is 266. The quantitative estimate of drug-likeness (QED) is 0.649. The fourth-order valence-electron chi connectivity index (χ4n) is 1.68. The van der Waals surface area contributed by atoms with Crippen molar-refractivity contribution in [3.63, 3.8) is 0 Å². The number of alkyl halides is 2. The van der Waals surface area contributed by atoms with Crippen LogP contribution in [-0.2, 0) is 6.42 Å². The van der Waals surface area contributed by atoms with Crippen molar-refractivity contribution in [3.8, 4) is 0 Å². The van der Waals surface area contributed by atoms with E-state index < -0.39 is 0 Å². The van der Waals surface area contributed by atoms with Crippen LogP contribution >= 0.6 is 31.9 Å². The van der Waals surface area contributed by atoms with Crippen molar-refractivity contribution < 1.29 is 0 Å². The van der Waals surface area contributed by atoms with Crippen LogP contribution in [0.2, 0.25) is 0 Å². The predicted octanol–water partition coefficient (Wildman–Crippen LogP) is 4.90. The van der Waals surface area contributed by atoms with Crippen LogP contribution < -0.4 is 0 Å². The first-order chi connectivity index (χ1) is 7.31. The van der Waals surface area contributed by atoms with Gasteiger partial charge in [0, 0.05) is 10.7 Å². The topological polar surface area (TPSA) is 0 Å². The van der Waals surface area contributed by atoms with Crippen LogP contribution in [0.3, 0.4) is 0 Å². The van der Waals surface area contributed by atoms with Crippen LogP contribution in [0.25, 0.3) is 0 Å². The molecule has 2 heteroatoms. The lowest BCUT2D eigenvalue weighted by Gasteiger charge is -2.14. The van der Waals surface area contributed by atoms with Crippen LogP contribution in [0.1, 0.15) is 36.8 Å². The molecule has 0 saturated heterocycles. The van der Waals surface area contributed by atoms with Crippen molar-refractivity contribution >= 4 is 31.9 Å². The second kappa shape index (κ2) is 7.45. The first kappa shape index (κ1) is 13.2. The molecule has 15 heavy (non-hydrogen) atoms. The molecule has 84 valence electrons. The summed E-state index contributed by atoms with van der Waals surface area (Å²) in [6.45, 7) is 2.20. The summed E-state index contributed by atoms with van der Waals surface area (Å²) in [7, 11) is 0. The molecule has 0 radical (unpaired) electrons. The lowest BCUT2D eigenvalue weighted by molar-refractivity contribution is 0.682. The second-order valence-corrected chi connectivity index (χ2v) is 5.22. The van der Waals surface area contributed by atoms with Gasteiger partial charge in [0.25, 0.3) is 0 Å². The summed E-state index contributed by atoms with van der Waals surface area (Å²) < 4.78 is 0. The average molecular weight is 334 g/mol. The van der Waals surface area contributed by atoms with Gasteiger partial charge in [-0.05, 0) is 36.3 Å². The van der Waals surface area contributed by atoms with Crippen molar-refractivity contribution in [2.75, 3.05) is 10.7 Å². The maximum Gasteiger partial charge on any atom is 0.0100 e. The molecule has 1 aromatic carbocycles. The Morgan fingerprint density at radius 3 is 2.27 bits per heavy atom. The van der Waals surface area contributed by atoms with E-state index in [0.717, 1.165) is 17.1 Å². The van der Waals surface area contributed by atoms with Gasteiger partial charge < -0.3 is 0 Å². The Kier molecular flexibility index (Phi) is 6.58. The van der Waals surface area contributed by atoms with Gasteiger partial charge in [0.2, 0.25) is 0 Å². The van der Waals surface area contributed by atoms with E-state index in [2.05, 4.69) is 63.0 Å². The molecule has 0 heterocycles. The van der Waals surface area contributed by atoms with E-state index in [1.807, 2.05) is 0 Å². The first-order valence-corrected chi connectivity index (χ1v) is 7.76. The third-order valence-corrected chi connectivity index (χ3v) is 4.07. The molecule has 0 nitrogen and oxygen atoms in total. The number of hydrogen-bond donors (Lipinski definition) is 0. The molecular weight excluding hydrogens is 316 g/mol. The molecule has 1 atom stereocenters. The first-order valence-electron chi connectivity index (χ1n) is 5.52. The van der Waals surface area contributed by atoms with Crippen LogP contribution in [0.15, 0.2) is 24.3 Å². The Balaban J connectivity index is 2.65. The summed E-state index contributed by atoms with van der Waals surface area (Å²) in [5.41, 5.74) is 2.89. The molecule has 0 amide bonds. The third kappa shape index (κ3) is 4.28. The van der Waals surface area contributed by atoms with E-state index in [0.29, 0.717) is 5.92 Å². The maximum atomic E-state index is 3.60. The number of benzene rings is 1. The normalized spacial score (nSPS) is 12.7. The van der Waals surface area contributed by atoms with E-state index in [1.165, 1.54) is 24.0 Å². The van der Waals surface area contributed by atoms with Gasteiger partial charge in [-0.15, -0.1) is 0 Å². The molecule has 0 saturated carbocycles. The molecule has 0 bridgehead atoms. The van der Waals surface area contributed by atoms with Gasteiger partial charge >= 0.3 is 0 Å². The minimum absolute atomic E-state index is 0.661. The summed E-state index contributed by atoms with van der Waals surface area (Å²) >= 11 is 7.09. The molecule has 1 unspecified atom stereocenters. The number of hydrogen-bond acceptors (Lipinski definition) is 0. The highest BCUT2D eigenvalue weighted by atomic mass is 79.9. The monoisotopic (exact) mass is 332 g/mol. The van der Waals surface area contributed by atoms with Crippen LogP contribution in [0.4, 0.5) is 0 Å². The lowest BCUT2D eigenvalue weighted by atomic mass is 9.95. The largest absolute Gasteiger partial charge is 0.0928 e. The third-order valence-electron chi connectivity index (χ3n) is 2.73. The van der Waals surface area contributed by atoms with E-state index in [1.54, 1.807) is 0 Å². The number of aryl methyl sites for hydroxylation is 1. The minimum Gasteiger partial charge on any atom is -0.0928 e. The lowest BCUT2D eigenvalue weighted by Crippen LogP contribution is -2.00. The summed E-state index contributed by atoms with van der Waals surface area (Å²) in [4.78, 5) is 0. The van der Waals surface area contributed by atoms with E-state index in [4.69, 9.17) is 0 Å². The number of halogens is 2. The van der Waals surface area contributed by atoms with Crippen molar-refractivity contribution in [1.29, 1.82) is 0 Å². The van der Waals surface area contributed by atoms with Crippen LogP contribution in [-0.4, -0.2) is 10.7 Å². The maximum absolute atomic E-state index is 3.60. The molecule has 0 N–H and O–H groups in total. The molecule has 1 rings (SSSR count). The highest BCUT2D eigenvalue weighted by Gasteiger charge is 2.09. The summed E-state index contributed by atoms with van der Waals surface area (Å²) in [5.74, 6) is 0.661. The fourth-order valence-corrected chi connectivity index (χ4v) is 2.70. The van der Waals surface area contributed by atoms with E-state index >= 15 is 0 Å². The molecule has 0 aliphatic carbocycles. The zero-order chi connectivity index (χ0) is 11.1. The number of rotatable bonds is 6. The van der Waals surface area contributed by atoms with Gasteiger partial charge in [0.05, 0.1) is 0 Å². The Labute approximate surface area is 110 Å². The smallest absolute Gasteiger partial charge is 0.0100 e. The Morgan fingerprint density at radius 1 is 1.13 bits per heavy atom. The minimum atomic E-state index is 0.661. The van der Waals surface area contributed by atoms with Crippen molar-refractivity contribution in [2.45, 2.75) is 32.1 Å². The average Bonchev–Trinajstić information content (AvgIpc) is 2.31. The van der Waals surface area contributed by atoms with E-state index in [9.17, 15) is 0 Å². The SMILES string of the molecule is CCc1ccc(C(CBr)CCCBr)cc1. The molecule has 0 spiro atoms. The van der Waals surface area contributed by atoms with E-state index in [-0.39, 0.29) is 0 Å². The fraction of sp³-hybridized carbons (Fsp3) is 0.538. The van der Waals surface area contributed by atoms with Gasteiger partial charge in [0.15, 0.2) is 0 Å². The molecule has 0 aliphatic rings. The van der Waals surface area contributed by atoms with Crippen molar-refractivity contribution in [3.05, 3.63) is 35.4 Å². The molecule has 1 aromatic rings. The zero-order valence-corrected chi connectivity index (χ0v) is 12.4. The summed E-state index contributed by atoms with van der Waals surface area (Å²) in [5, 5.41) is 2.16. The molecule has 0 fully saturated rings. The predicted molar refractivity (Wildman–Crippen MR) is 75.4 cm³/mol. The molecule has 0 aliphatic heterocycles. The van der Waals surface area contributed by atoms with Gasteiger partial charge in [-0.25, -0.2) is 0 Å². The van der Waals surface area contributed by atoms with Gasteiger partial charge in [0.1, 0.15) is 0 Å². The summed E-state index contributed by atoms with van der Waals surface area (Å²) in [6.07, 6.45) is 3.62. The Morgan fingerprint density at radius 2 is 1.80 bits per heavy atom. The highest BCUT2D eigenvalue weighted by molar-refractivity contribution is 9.09. The highest BCUT2D eigenvalue weighted by Crippen LogP contribution is 2.24. The van der Waals surface area contributed by atoms with Gasteiger partial charge in [-0.3, -0.25) is 0 Å². The van der Waals surface area contributed by atoms with Crippen LogP contribution in [0, 0.1) is 0 Å². The van der Waals surface area contributed by atoms with Crippen molar-refractivity contribution in [2.24, 2.45) is 0 Å². The second-order valence-electron chi connectivity index (χ2n) is 3.78. The summed E-state index contributed by atoms with van der Waals surface area (Å²) in [6, 6.07) is 9.05. The standard InChI is InChI=1S/C13H18Br2/c1-2-11-5-7-12(8-6-11)13(10-15)4-3-9-14/h5-8,13H,2-4,9-10H2,1H3. The van der Waals surface area contributed by atoms with Crippen molar-refractivity contribution in [1.82, 2.24) is 0 Å². The van der Waals surface area contributed by atoms with Gasteiger partial charge in [-0.2, -0.15) is 0 Å². The molecule has 0 aromatic heterocycles. The van der Waals surface area contributed by atoms with Gasteiger partial charge in [-0.1, -0.05) is 63.0 Å². The zero-order valence-electron chi connectivity index (χ0n) is 9.18. The van der Waals surface area contributed by atoms with Crippen LogP contribution in [0.5, 0.6) is 0 Å². The molecular formula is C13H18Br2. The Hall–Kier alpha value is 0.180.